The molecule has 1 aromatic carbocycles. The number of anilines is 1. The maximum atomic E-state index is 12.5. The number of sulfone groups is 1. The lowest BCUT2D eigenvalue weighted by molar-refractivity contribution is -0.122. The van der Waals surface area contributed by atoms with E-state index in [-0.39, 0.29) is 11.7 Å². The van der Waals surface area contributed by atoms with Crippen molar-refractivity contribution in [3.63, 3.8) is 0 Å². The fourth-order valence-corrected chi connectivity index (χ4v) is 3.89. The number of rotatable bonds is 4. The van der Waals surface area contributed by atoms with Gasteiger partial charge in [-0.25, -0.2) is 8.42 Å². The fourth-order valence-electron chi connectivity index (χ4n) is 2.84. The van der Waals surface area contributed by atoms with Crippen LogP contribution in [0.3, 0.4) is 0 Å². The van der Waals surface area contributed by atoms with Crippen LogP contribution in [0.2, 0.25) is 0 Å². The van der Waals surface area contributed by atoms with Gasteiger partial charge in [0, 0.05) is 5.69 Å². The van der Waals surface area contributed by atoms with Crippen molar-refractivity contribution < 1.29 is 13.2 Å². The highest BCUT2D eigenvalue weighted by Gasteiger charge is 2.35. The molecule has 2 rings (SSSR count). The van der Waals surface area contributed by atoms with Gasteiger partial charge < -0.3 is 11.1 Å². The monoisotopic (exact) mass is 352 g/mol. The van der Waals surface area contributed by atoms with Gasteiger partial charge in [0.05, 0.1) is 16.0 Å². The van der Waals surface area contributed by atoms with Gasteiger partial charge in [0.1, 0.15) is 0 Å². The molecular formula is C18H28N2O3S. The Labute approximate surface area is 144 Å². The zero-order valence-corrected chi connectivity index (χ0v) is 15.6. The predicted molar refractivity (Wildman–Crippen MR) is 97.5 cm³/mol. The number of carbonyl (C=O) groups is 1. The van der Waals surface area contributed by atoms with Crippen molar-refractivity contribution in [2.75, 3.05) is 5.32 Å². The highest BCUT2D eigenvalue weighted by Crippen LogP contribution is 2.28. The van der Waals surface area contributed by atoms with Crippen molar-refractivity contribution in [3.8, 4) is 0 Å². The topological polar surface area (TPSA) is 89.3 Å². The van der Waals surface area contributed by atoms with E-state index >= 15 is 0 Å². The molecule has 3 N–H and O–H groups in total. The molecule has 0 aliphatic heterocycles. The van der Waals surface area contributed by atoms with E-state index in [9.17, 15) is 13.2 Å². The van der Waals surface area contributed by atoms with Crippen LogP contribution in [0.5, 0.6) is 0 Å². The van der Waals surface area contributed by atoms with Crippen LogP contribution in [0.4, 0.5) is 5.69 Å². The molecule has 0 aromatic heterocycles. The van der Waals surface area contributed by atoms with Crippen LogP contribution in [0.15, 0.2) is 24.3 Å². The van der Waals surface area contributed by atoms with Crippen molar-refractivity contribution in [2.45, 2.75) is 68.9 Å². The Morgan fingerprint density at radius 3 is 2.42 bits per heavy atom. The van der Waals surface area contributed by atoms with Gasteiger partial charge in [-0.05, 0) is 51.3 Å². The average molecular weight is 353 g/mol. The smallest absolute Gasteiger partial charge is 0.244 e. The number of nitrogens with one attached hydrogen (secondary N) is 1. The molecule has 0 spiro atoms. The van der Waals surface area contributed by atoms with Gasteiger partial charge in [0.2, 0.25) is 5.91 Å². The number of benzene rings is 1. The van der Waals surface area contributed by atoms with Gasteiger partial charge in [-0.3, -0.25) is 4.79 Å². The number of nitrogens with two attached hydrogens (primary N) is 1. The largest absolute Gasteiger partial charge is 0.324 e. The molecule has 134 valence electrons. The molecule has 0 saturated heterocycles. The van der Waals surface area contributed by atoms with E-state index in [1.807, 2.05) is 0 Å². The van der Waals surface area contributed by atoms with Gasteiger partial charge in [-0.2, -0.15) is 0 Å². The van der Waals surface area contributed by atoms with Crippen molar-refractivity contribution in [3.05, 3.63) is 29.8 Å². The van der Waals surface area contributed by atoms with E-state index < -0.39 is 20.1 Å². The van der Waals surface area contributed by atoms with Crippen molar-refractivity contribution in [1.82, 2.24) is 0 Å². The van der Waals surface area contributed by atoms with E-state index in [0.29, 0.717) is 24.1 Å². The molecule has 1 aliphatic rings. The molecule has 24 heavy (non-hydrogen) atoms. The van der Waals surface area contributed by atoms with Crippen LogP contribution in [0.25, 0.3) is 0 Å². The van der Waals surface area contributed by atoms with Gasteiger partial charge in [0.25, 0.3) is 0 Å². The summed E-state index contributed by atoms with van der Waals surface area (Å²) in [6.45, 7) is 5.07. The minimum Gasteiger partial charge on any atom is -0.324 e. The molecule has 0 heterocycles. The van der Waals surface area contributed by atoms with E-state index in [1.54, 1.807) is 45.0 Å². The normalized spacial score (nSPS) is 18.2. The molecule has 0 bridgehead atoms. The summed E-state index contributed by atoms with van der Waals surface area (Å²) in [5.41, 5.74) is 6.68. The number of carbonyl (C=O) groups excluding carboxylic acids is 1. The first kappa shape index (κ1) is 18.9. The average Bonchev–Trinajstić information content (AvgIpc) is 2.46. The highest BCUT2D eigenvalue weighted by molar-refractivity contribution is 7.91. The molecule has 1 aliphatic carbocycles. The number of hydrogen-bond acceptors (Lipinski definition) is 4. The zero-order valence-electron chi connectivity index (χ0n) is 14.8. The Morgan fingerprint density at radius 2 is 1.83 bits per heavy atom. The van der Waals surface area contributed by atoms with Gasteiger partial charge >= 0.3 is 0 Å². The molecule has 0 unspecified atom stereocenters. The van der Waals surface area contributed by atoms with Crippen molar-refractivity contribution >= 4 is 21.4 Å². The molecule has 1 amide bonds. The van der Waals surface area contributed by atoms with Gasteiger partial charge in [0.15, 0.2) is 9.84 Å². The molecule has 0 radical (unpaired) electrons. The standard InChI is InChI=1S/C18H28N2O3S/c1-17(2,3)24(22,23)13-14-8-7-9-15(12-14)20-16(21)18(19)10-5-4-6-11-18/h7-9,12H,4-6,10-11,13,19H2,1-3H3,(H,20,21). The van der Waals surface area contributed by atoms with Gasteiger partial charge in [-0.1, -0.05) is 31.4 Å². The third kappa shape index (κ3) is 4.36. The molecule has 1 aromatic rings. The molecule has 1 saturated carbocycles. The summed E-state index contributed by atoms with van der Waals surface area (Å²) in [5, 5.41) is 2.86. The first-order valence-corrected chi connectivity index (χ1v) is 10.1. The van der Waals surface area contributed by atoms with Crippen LogP contribution in [0.1, 0.15) is 58.4 Å². The van der Waals surface area contributed by atoms with Crippen LogP contribution >= 0.6 is 0 Å². The second-order valence-corrected chi connectivity index (χ2v) is 10.5. The lowest BCUT2D eigenvalue weighted by atomic mass is 9.82. The quantitative estimate of drug-likeness (QED) is 0.872. The summed E-state index contributed by atoms with van der Waals surface area (Å²) in [7, 11) is -3.27. The lowest BCUT2D eigenvalue weighted by Gasteiger charge is -2.31. The Hall–Kier alpha value is -1.40. The third-order valence-corrected chi connectivity index (χ3v) is 7.25. The number of amides is 1. The maximum Gasteiger partial charge on any atom is 0.244 e. The summed E-state index contributed by atoms with van der Waals surface area (Å²) < 4.78 is 23.9. The fraction of sp³-hybridized carbons (Fsp3) is 0.611. The second-order valence-electron chi connectivity index (χ2n) is 7.74. The zero-order chi connectivity index (χ0) is 18.0. The first-order chi connectivity index (χ1) is 11.0. The van der Waals surface area contributed by atoms with E-state index in [4.69, 9.17) is 5.73 Å². The van der Waals surface area contributed by atoms with E-state index in [0.717, 1.165) is 19.3 Å². The van der Waals surface area contributed by atoms with Crippen LogP contribution in [-0.2, 0) is 20.4 Å². The Morgan fingerprint density at radius 1 is 1.21 bits per heavy atom. The van der Waals surface area contributed by atoms with E-state index in [1.165, 1.54) is 0 Å². The van der Waals surface area contributed by atoms with Crippen LogP contribution in [0, 0.1) is 0 Å². The van der Waals surface area contributed by atoms with E-state index in [2.05, 4.69) is 5.32 Å². The Balaban J connectivity index is 2.12. The molecule has 0 atom stereocenters. The molecule has 5 nitrogen and oxygen atoms in total. The summed E-state index contributed by atoms with van der Waals surface area (Å²) in [6, 6.07) is 7.00. The number of hydrogen-bond donors (Lipinski definition) is 2. The maximum absolute atomic E-state index is 12.5. The van der Waals surface area contributed by atoms with Crippen LogP contribution < -0.4 is 11.1 Å². The molecule has 6 heteroatoms. The summed E-state index contributed by atoms with van der Waals surface area (Å²) in [4.78, 5) is 12.5. The first-order valence-electron chi connectivity index (χ1n) is 8.45. The molecular weight excluding hydrogens is 324 g/mol. The predicted octanol–water partition coefficient (Wildman–Crippen LogP) is 3.00. The highest BCUT2D eigenvalue weighted by atomic mass is 32.2. The minimum absolute atomic E-state index is 0.0476. The Bertz CT molecular complexity index is 699. The second kappa shape index (κ2) is 6.84. The third-order valence-electron chi connectivity index (χ3n) is 4.67. The van der Waals surface area contributed by atoms with Crippen molar-refractivity contribution in [2.24, 2.45) is 5.73 Å². The Kier molecular flexibility index (Phi) is 5.40. The molecule has 1 fully saturated rings. The SMILES string of the molecule is CC(C)(C)S(=O)(=O)Cc1cccc(NC(=O)C2(N)CCCCC2)c1. The summed E-state index contributed by atoms with van der Waals surface area (Å²) >= 11 is 0. The van der Waals surface area contributed by atoms with Gasteiger partial charge in [-0.15, -0.1) is 0 Å². The summed E-state index contributed by atoms with van der Waals surface area (Å²) in [6.07, 6.45) is 4.43. The van der Waals surface area contributed by atoms with Crippen LogP contribution in [-0.4, -0.2) is 24.6 Å². The summed E-state index contributed by atoms with van der Waals surface area (Å²) in [5.74, 6) is -0.230. The minimum atomic E-state index is -3.27. The van der Waals surface area contributed by atoms with Crippen molar-refractivity contribution in [1.29, 1.82) is 0 Å². The lowest BCUT2D eigenvalue weighted by Crippen LogP contribution is -2.52.